The van der Waals surface area contributed by atoms with Crippen LogP contribution in [0.3, 0.4) is 0 Å². The van der Waals surface area contributed by atoms with E-state index in [1.54, 1.807) is 4.43 Å². The Morgan fingerprint density at radius 3 is 2.22 bits per heavy atom. The van der Waals surface area contributed by atoms with E-state index in [0.717, 1.165) is 6.61 Å². The van der Waals surface area contributed by atoms with E-state index in [2.05, 4.69) is 61.9 Å². The summed E-state index contributed by atoms with van der Waals surface area (Å²) in [5.74, 6) is 1.19. The smallest absolute Gasteiger partial charge is 0.306 e. The molecule has 0 atom stereocenters. The van der Waals surface area contributed by atoms with Crippen molar-refractivity contribution in [2.75, 3.05) is 6.61 Å². The van der Waals surface area contributed by atoms with Crippen molar-refractivity contribution in [1.29, 1.82) is 0 Å². The maximum Gasteiger partial charge on any atom is 0.306 e. The van der Waals surface area contributed by atoms with E-state index >= 15 is 0 Å². The Hall–Kier alpha value is -0.968. The minimum absolute atomic E-state index is 0.814. The summed E-state index contributed by atoms with van der Waals surface area (Å²) in [6, 6.07) is 13.2. The maximum absolute atomic E-state index is 4.67. The van der Waals surface area contributed by atoms with Crippen LogP contribution < -0.4 is 4.43 Å². The van der Waals surface area contributed by atoms with Gasteiger partial charge in [0.05, 0.1) is 5.39 Å². The number of hydrogen-bond acceptors (Lipinski definition) is 0. The largest absolute Gasteiger partial charge is 0.582 e. The van der Waals surface area contributed by atoms with Crippen LogP contribution in [0.15, 0.2) is 36.4 Å². The van der Waals surface area contributed by atoms with Crippen LogP contribution in [-0.4, -0.2) is 25.5 Å². The van der Waals surface area contributed by atoms with Crippen LogP contribution in [0.25, 0.3) is 10.8 Å². The summed E-state index contributed by atoms with van der Waals surface area (Å²) in [5.41, 5.74) is 0. The SMILES string of the molecule is CC[OH+]c1cccc2ccc[c]([Al]([CH2]C)[CH2]C)c12. The molecule has 0 saturated carbocycles. The third-order valence-electron chi connectivity index (χ3n) is 3.67. The minimum Gasteiger partial charge on any atom is -0.582 e. The van der Waals surface area contributed by atoms with E-state index in [4.69, 9.17) is 0 Å². The molecule has 0 unspecified atom stereocenters. The van der Waals surface area contributed by atoms with E-state index in [1.807, 2.05) is 0 Å². The number of benzene rings is 2. The molecule has 18 heavy (non-hydrogen) atoms. The second-order valence-corrected chi connectivity index (χ2v) is 8.36. The molecule has 0 spiro atoms. The van der Waals surface area contributed by atoms with Gasteiger partial charge in [0.1, 0.15) is 0 Å². The van der Waals surface area contributed by atoms with E-state index in [0.29, 0.717) is 0 Å². The Morgan fingerprint density at radius 2 is 1.61 bits per heavy atom. The first-order valence-corrected chi connectivity index (χ1v) is 9.21. The van der Waals surface area contributed by atoms with Crippen LogP contribution in [0.4, 0.5) is 0 Å². The molecule has 0 aliphatic rings. The normalized spacial score (nSPS) is 10.6. The molecule has 2 heteroatoms. The predicted molar refractivity (Wildman–Crippen MR) is 82.5 cm³/mol. The van der Waals surface area contributed by atoms with Crippen molar-refractivity contribution in [3.63, 3.8) is 0 Å². The monoisotopic (exact) mass is 257 g/mol. The third kappa shape index (κ3) is 2.56. The van der Waals surface area contributed by atoms with Crippen LogP contribution in [0.1, 0.15) is 20.8 Å². The molecule has 0 bridgehead atoms. The number of hydrogen-bond donors (Lipinski definition) is 0. The maximum atomic E-state index is 4.67. The molecule has 94 valence electrons. The lowest BCUT2D eigenvalue weighted by atomic mass is 10.1. The summed E-state index contributed by atoms with van der Waals surface area (Å²) in [7, 11) is 0. The van der Waals surface area contributed by atoms with Gasteiger partial charge >= 0.3 is 14.1 Å². The molecule has 0 aliphatic heterocycles. The topological polar surface area (TPSA) is 12.8 Å². The zero-order valence-corrected chi connectivity index (χ0v) is 12.8. The quantitative estimate of drug-likeness (QED) is 0.570. The second-order valence-electron chi connectivity index (χ2n) is 4.71. The number of ether oxygens (including phenoxy) is 1. The highest BCUT2D eigenvalue weighted by Gasteiger charge is 2.20. The van der Waals surface area contributed by atoms with Gasteiger partial charge in [0.15, 0.2) is 6.61 Å². The molecule has 2 rings (SSSR count). The molecule has 1 nitrogen and oxygen atoms in total. The fraction of sp³-hybridized carbons (Fsp3) is 0.375. The van der Waals surface area contributed by atoms with E-state index in [1.165, 1.54) is 27.1 Å². The van der Waals surface area contributed by atoms with Gasteiger partial charge < -0.3 is 4.74 Å². The first-order valence-electron chi connectivity index (χ1n) is 7.00. The van der Waals surface area contributed by atoms with Gasteiger partial charge in [-0.15, -0.1) is 0 Å². The molecule has 0 heterocycles. The standard InChI is InChI=1S/C12H11O.2C2H5.Al/c1-2-13-12-9-5-7-10-6-3-4-8-11(10)12;2*1-2;/h3-7,9H,2H2,1H3;2*1H2,2H3;/p+1. The van der Waals surface area contributed by atoms with Gasteiger partial charge in [0, 0.05) is 13.0 Å². The molecule has 0 aliphatic carbocycles. The van der Waals surface area contributed by atoms with Crippen LogP contribution in [-0.2, 0) is 0 Å². The molecule has 1 N–H and O–H groups in total. The van der Waals surface area contributed by atoms with Crippen molar-refractivity contribution in [2.24, 2.45) is 0 Å². The summed E-state index contributed by atoms with van der Waals surface area (Å²) >= 11 is -0.814. The second kappa shape index (κ2) is 6.27. The van der Waals surface area contributed by atoms with Crippen molar-refractivity contribution in [1.82, 2.24) is 0 Å². The lowest BCUT2D eigenvalue weighted by molar-refractivity contribution is 0.0848. The molecule has 2 aromatic carbocycles. The van der Waals surface area contributed by atoms with Crippen molar-refractivity contribution >= 4 is 29.3 Å². The van der Waals surface area contributed by atoms with Crippen LogP contribution in [0, 0.1) is 0 Å². The average molecular weight is 257 g/mol. The number of aromatic hydroxyl groups is 1. The van der Waals surface area contributed by atoms with E-state index < -0.39 is 14.1 Å². The Morgan fingerprint density at radius 1 is 0.944 bits per heavy atom. The highest BCUT2D eigenvalue weighted by atomic mass is 27.2. The Balaban J connectivity index is 2.64. The molecule has 0 fully saturated rings. The predicted octanol–water partition coefficient (Wildman–Crippen LogP) is 3.84. The van der Waals surface area contributed by atoms with Crippen LogP contribution in [0.2, 0.25) is 10.6 Å². The first-order chi connectivity index (χ1) is 8.81. The van der Waals surface area contributed by atoms with Gasteiger partial charge in [0.2, 0.25) is 0 Å². The lowest BCUT2D eigenvalue weighted by Gasteiger charge is -2.13. The number of rotatable bonds is 5. The zero-order chi connectivity index (χ0) is 13.0. The highest BCUT2D eigenvalue weighted by molar-refractivity contribution is 6.75. The fourth-order valence-electron chi connectivity index (χ4n) is 2.72. The van der Waals surface area contributed by atoms with Crippen molar-refractivity contribution < 1.29 is 4.74 Å². The van der Waals surface area contributed by atoms with E-state index in [9.17, 15) is 0 Å². The molecule has 2 aromatic rings. The van der Waals surface area contributed by atoms with Gasteiger partial charge in [-0.2, -0.15) is 0 Å². The highest BCUT2D eigenvalue weighted by Crippen LogP contribution is 2.25. The summed E-state index contributed by atoms with van der Waals surface area (Å²) in [5, 5.41) is 5.43. The van der Waals surface area contributed by atoms with Crippen molar-refractivity contribution in [3.8, 4) is 5.75 Å². The first kappa shape index (κ1) is 13.5. The van der Waals surface area contributed by atoms with Crippen molar-refractivity contribution in [3.05, 3.63) is 36.4 Å². The zero-order valence-electron chi connectivity index (χ0n) is 11.6. The third-order valence-corrected chi connectivity index (χ3v) is 7.00. The Bertz CT molecular complexity index is 512. The Kier molecular flexibility index (Phi) is 4.69. The molecule has 0 saturated heterocycles. The molecular formula is C16H22AlO+. The summed E-state index contributed by atoms with van der Waals surface area (Å²) in [6.45, 7) is 7.63. The van der Waals surface area contributed by atoms with Gasteiger partial charge in [0.25, 0.3) is 5.75 Å². The summed E-state index contributed by atoms with van der Waals surface area (Å²) < 4.78 is 6.27. The number of aliphatic hydroxyl groups is 1. The van der Waals surface area contributed by atoms with Crippen LogP contribution >= 0.6 is 0 Å². The van der Waals surface area contributed by atoms with Gasteiger partial charge in [-0.25, -0.2) is 0 Å². The molecule has 0 aromatic heterocycles. The fourth-order valence-corrected chi connectivity index (χ4v) is 5.28. The van der Waals surface area contributed by atoms with Gasteiger partial charge in [-0.3, -0.25) is 0 Å². The van der Waals surface area contributed by atoms with Gasteiger partial charge in [-0.1, -0.05) is 59.2 Å². The van der Waals surface area contributed by atoms with Gasteiger partial charge in [-0.05, 0) is 5.39 Å². The average Bonchev–Trinajstić information content (AvgIpc) is 2.41. The molecule has 0 amide bonds. The van der Waals surface area contributed by atoms with Crippen LogP contribution in [0.5, 0.6) is 5.75 Å². The molecular weight excluding hydrogens is 235 g/mol. The molecule has 0 radical (unpaired) electrons. The summed E-state index contributed by atoms with van der Waals surface area (Å²) in [4.78, 5) is 0. The minimum atomic E-state index is -0.814. The lowest BCUT2D eigenvalue weighted by Crippen LogP contribution is -2.28. The Labute approximate surface area is 114 Å². The van der Waals surface area contributed by atoms with Crippen molar-refractivity contribution in [2.45, 2.75) is 31.3 Å². The van der Waals surface area contributed by atoms with E-state index in [-0.39, 0.29) is 0 Å². The number of fused-ring (bicyclic) bond motifs is 1. The summed E-state index contributed by atoms with van der Waals surface area (Å²) in [6.07, 6.45) is 0.